The predicted molar refractivity (Wildman–Crippen MR) is 114 cm³/mol. The number of hydrogen-bond donors (Lipinski definition) is 1. The van der Waals surface area contributed by atoms with Crippen LogP contribution in [0.5, 0.6) is 0 Å². The molecule has 1 unspecified atom stereocenters. The highest BCUT2D eigenvalue weighted by molar-refractivity contribution is 5.70. The van der Waals surface area contributed by atoms with Crippen molar-refractivity contribution < 1.29 is 9.53 Å². The molecule has 29 heavy (non-hydrogen) atoms. The maximum absolute atomic E-state index is 13.0. The summed E-state index contributed by atoms with van der Waals surface area (Å²) in [6, 6.07) is 17.0. The second kappa shape index (κ2) is 7.71. The van der Waals surface area contributed by atoms with Crippen LogP contribution in [0.1, 0.15) is 42.0 Å². The molecule has 2 saturated heterocycles. The lowest BCUT2D eigenvalue weighted by Crippen LogP contribution is -2.43. The summed E-state index contributed by atoms with van der Waals surface area (Å²) in [6.07, 6.45) is 0.822. The SMILES string of the molecule is C[C@@H]1C2c3cc(N4CCNCC4)ccc3[C@@H]1CCN2C(=O)OCc1ccccc1. The Kier molecular flexibility index (Phi) is 4.92. The van der Waals surface area contributed by atoms with E-state index in [0.717, 1.165) is 44.7 Å². The van der Waals surface area contributed by atoms with Crippen LogP contribution in [0.2, 0.25) is 0 Å². The summed E-state index contributed by atoms with van der Waals surface area (Å²) in [5.41, 5.74) is 5.06. The Bertz CT molecular complexity index is 879. The fourth-order valence-corrected chi connectivity index (χ4v) is 5.36. The minimum absolute atomic E-state index is 0.120. The van der Waals surface area contributed by atoms with Crippen LogP contribution in [0, 0.1) is 5.92 Å². The van der Waals surface area contributed by atoms with Gasteiger partial charge in [-0.05, 0) is 47.1 Å². The fourth-order valence-electron chi connectivity index (χ4n) is 5.36. The van der Waals surface area contributed by atoms with Gasteiger partial charge in [0.15, 0.2) is 0 Å². The van der Waals surface area contributed by atoms with E-state index in [0.29, 0.717) is 18.4 Å². The van der Waals surface area contributed by atoms with Crippen molar-refractivity contribution in [3.05, 3.63) is 65.2 Å². The Hall–Kier alpha value is -2.53. The Morgan fingerprint density at radius 3 is 2.66 bits per heavy atom. The number of rotatable bonds is 3. The van der Waals surface area contributed by atoms with Crippen molar-refractivity contribution in [2.75, 3.05) is 37.6 Å². The Morgan fingerprint density at radius 2 is 1.86 bits per heavy atom. The maximum atomic E-state index is 13.0. The zero-order chi connectivity index (χ0) is 19.8. The highest BCUT2D eigenvalue weighted by Crippen LogP contribution is 2.53. The van der Waals surface area contributed by atoms with Crippen molar-refractivity contribution in [1.29, 1.82) is 0 Å². The molecule has 0 radical (unpaired) electrons. The number of likely N-dealkylation sites (tertiary alicyclic amines) is 1. The summed E-state index contributed by atoms with van der Waals surface area (Å²) < 4.78 is 5.70. The average molecular weight is 392 g/mol. The lowest BCUT2D eigenvalue weighted by Gasteiger charge is -2.37. The van der Waals surface area contributed by atoms with Crippen LogP contribution in [-0.2, 0) is 11.3 Å². The van der Waals surface area contributed by atoms with Gasteiger partial charge in [0.05, 0.1) is 6.04 Å². The number of nitrogens with zero attached hydrogens (tertiary/aromatic N) is 2. The van der Waals surface area contributed by atoms with E-state index in [9.17, 15) is 4.79 Å². The van der Waals surface area contributed by atoms with Gasteiger partial charge in [-0.3, -0.25) is 0 Å². The molecular formula is C24H29N3O2. The first-order valence-corrected chi connectivity index (χ1v) is 10.8. The van der Waals surface area contributed by atoms with Crippen LogP contribution in [-0.4, -0.2) is 43.7 Å². The molecule has 2 aromatic carbocycles. The Labute approximate surface area is 172 Å². The molecule has 1 N–H and O–H groups in total. The third-order valence-corrected chi connectivity index (χ3v) is 6.86. The van der Waals surface area contributed by atoms with E-state index in [1.54, 1.807) is 0 Å². The summed E-state index contributed by atoms with van der Waals surface area (Å²) in [5.74, 6) is 0.978. The standard InChI is InChI=1S/C24H29N3O2/c1-17-20-9-12-27(24(28)29-16-18-5-3-2-4-6-18)23(17)22-15-19(7-8-21(20)22)26-13-10-25-11-14-26/h2-8,15,17,20,23,25H,9-14,16H2,1H3/t17-,20+,23?/m0/s1. The Morgan fingerprint density at radius 1 is 1.07 bits per heavy atom. The molecule has 3 aliphatic rings. The van der Waals surface area contributed by atoms with E-state index in [1.807, 2.05) is 35.2 Å². The van der Waals surface area contributed by atoms with Crippen LogP contribution < -0.4 is 10.2 Å². The number of hydrogen-bond acceptors (Lipinski definition) is 4. The molecule has 0 aromatic heterocycles. The van der Waals surface area contributed by atoms with Gasteiger partial charge in [-0.1, -0.05) is 43.3 Å². The van der Waals surface area contributed by atoms with Gasteiger partial charge in [-0.2, -0.15) is 0 Å². The number of carbonyl (C=O) groups excluding carboxylic acids is 1. The van der Waals surface area contributed by atoms with E-state index in [-0.39, 0.29) is 12.1 Å². The summed E-state index contributed by atoms with van der Waals surface area (Å²) in [7, 11) is 0. The van der Waals surface area contributed by atoms with Crippen LogP contribution >= 0.6 is 0 Å². The topological polar surface area (TPSA) is 44.8 Å². The molecule has 3 atom stereocenters. The molecule has 2 aliphatic heterocycles. The summed E-state index contributed by atoms with van der Waals surface area (Å²) in [4.78, 5) is 17.4. The van der Waals surface area contributed by atoms with E-state index >= 15 is 0 Å². The molecule has 5 heteroatoms. The molecular weight excluding hydrogens is 362 g/mol. The quantitative estimate of drug-likeness (QED) is 0.862. The molecule has 152 valence electrons. The van der Waals surface area contributed by atoms with Crippen molar-refractivity contribution in [1.82, 2.24) is 10.2 Å². The molecule has 0 spiro atoms. The summed E-state index contributed by atoms with van der Waals surface area (Å²) in [6.45, 7) is 7.50. The number of carbonyl (C=O) groups is 1. The van der Waals surface area contributed by atoms with E-state index in [1.165, 1.54) is 16.8 Å². The largest absolute Gasteiger partial charge is 0.445 e. The number of amides is 1. The molecule has 1 amide bonds. The van der Waals surface area contributed by atoms with Crippen molar-refractivity contribution in [2.45, 2.75) is 31.9 Å². The molecule has 2 heterocycles. The second-order valence-electron chi connectivity index (χ2n) is 8.48. The highest BCUT2D eigenvalue weighted by Gasteiger charge is 2.46. The zero-order valence-electron chi connectivity index (χ0n) is 17.0. The third kappa shape index (κ3) is 3.38. The number of anilines is 1. The monoisotopic (exact) mass is 391 g/mol. The van der Waals surface area contributed by atoms with Crippen molar-refractivity contribution in [3.8, 4) is 0 Å². The molecule has 5 rings (SSSR count). The predicted octanol–water partition coefficient (Wildman–Crippen LogP) is 3.91. The second-order valence-corrected chi connectivity index (χ2v) is 8.48. The van der Waals surface area contributed by atoms with Crippen molar-refractivity contribution in [2.24, 2.45) is 5.92 Å². The molecule has 2 bridgehead atoms. The van der Waals surface area contributed by atoms with Crippen molar-refractivity contribution >= 4 is 11.8 Å². The van der Waals surface area contributed by atoms with Gasteiger partial charge in [-0.15, -0.1) is 0 Å². The fraction of sp³-hybridized carbons (Fsp3) is 0.458. The first-order valence-electron chi connectivity index (χ1n) is 10.8. The number of nitrogens with one attached hydrogen (secondary N) is 1. The number of benzene rings is 2. The van der Waals surface area contributed by atoms with E-state index in [4.69, 9.17) is 4.74 Å². The molecule has 0 saturated carbocycles. The van der Waals surface area contributed by atoms with E-state index in [2.05, 4.69) is 35.3 Å². The minimum atomic E-state index is -0.190. The first-order chi connectivity index (χ1) is 14.2. The number of ether oxygens (including phenoxy) is 1. The normalized spacial score (nSPS) is 25.6. The van der Waals surface area contributed by atoms with Gasteiger partial charge in [0.2, 0.25) is 0 Å². The zero-order valence-corrected chi connectivity index (χ0v) is 17.0. The van der Waals surface area contributed by atoms with Gasteiger partial charge in [0, 0.05) is 38.4 Å². The third-order valence-electron chi connectivity index (χ3n) is 6.86. The summed E-state index contributed by atoms with van der Waals surface area (Å²) >= 11 is 0. The van der Waals surface area contributed by atoms with Gasteiger partial charge >= 0.3 is 6.09 Å². The highest BCUT2D eigenvalue weighted by atomic mass is 16.6. The lowest BCUT2D eigenvalue weighted by atomic mass is 9.86. The Balaban J connectivity index is 1.37. The number of piperidine rings is 1. The van der Waals surface area contributed by atoms with Crippen LogP contribution in [0.15, 0.2) is 48.5 Å². The van der Waals surface area contributed by atoms with Crippen LogP contribution in [0.25, 0.3) is 0 Å². The first kappa shape index (κ1) is 18.5. The smallest absolute Gasteiger partial charge is 0.410 e. The van der Waals surface area contributed by atoms with Gasteiger partial charge in [0.25, 0.3) is 0 Å². The van der Waals surface area contributed by atoms with Crippen molar-refractivity contribution in [3.63, 3.8) is 0 Å². The molecule has 2 fully saturated rings. The molecule has 1 aliphatic carbocycles. The average Bonchev–Trinajstić information content (AvgIpc) is 2.94. The number of fused-ring (bicyclic) bond motifs is 5. The molecule has 2 aromatic rings. The van der Waals surface area contributed by atoms with E-state index < -0.39 is 0 Å². The van der Waals surface area contributed by atoms with Crippen LogP contribution in [0.3, 0.4) is 0 Å². The van der Waals surface area contributed by atoms with Crippen LogP contribution in [0.4, 0.5) is 10.5 Å². The summed E-state index contributed by atoms with van der Waals surface area (Å²) in [5, 5.41) is 3.42. The molecule has 5 nitrogen and oxygen atoms in total. The lowest BCUT2D eigenvalue weighted by molar-refractivity contribution is 0.0531. The maximum Gasteiger partial charge on any atom is 0.410 e. The minimum Gasteiger partial charge on any atom is -0.445 e. The number of piperazine rings is 1. The van der Waals surface area contributed by atoms with Gasteiger partial charge in [-0.25, -0.2) is 4.79 Å². The van der Waals surface area contributed by atoms with Gasteiger partial charge < -0.3 is 19.9 Å². The van der Waals surface area contributed by atoms with Gasteiger partial charge in [0.1, 0.15) is 6.61 Å².